The standard InChI is InChI=1S/C19H25N5O2/c1-11-10-21-13(3)23-18(11)22-12(2)14-4-8-16(9-5-14)19(25)26-24-17(20)15-6-7-15/h4-5,8-10,12,15,19,25H,6-7H2,1-3H3,(H2,20,24)(H,21,22,23)/t12-,19?/m0/s1. The summed E-state index contributed by atoms with van der Waals surface area (Å²) in [6.07, 6.45) is 2.76. The Hall–Kier alpha value is -2.67. The Kier molecular flexibility index (Phi) is 5.37. The van der Waals surface area contributed by atoms with E-state index < -0.39 is 6.29 Å². The number of hydrogen-bond acceptors (Lipinski definition) is 6. The van der Waals surface area contributed by atoms with Crippen LogP contribution in [0.15, 0.2) is 35.6 Å². The van der Waals surface area contributed by atoms with Gasteiger partial charge in [-0.15, -0.1) is 0 Å². The van der Waals surface area contributed by atoms with Crippen LogP contribution in [0.2, 0.25) is 0 Å². The molecule has 1 fully saturated rings. The van der Waals surface area contributed by atoms with E-state index in [1.54, 1.807) is 0 Å². The number of benzene rings is 1. The van der Waals surface area contributed by atoms with E-state index in [1.807, 2.05) is 44.3 Å². The van der Waals surface area contributed by atoms with Crippen molar-refractivity contribution in [1.82, 2.24) is 9.97 Å². The van der Waals surface area contributed by atoms with Crippen molar-refractivity contribution in [2.24, 2.45) is 16.8 Å². The van der Waals surface area contributed by atoms with Gasteiger partial charge in [0.1, 0.15) is 17.5 Å². The number of hydrogen-bond donors (Lipinski definition) is 3. The second-order valence-corrected chi connectivity index (χ2v) is 6.73. The van der Waals surface area contributed by atoms with Crippen LogP contribution in [0.4, 0.5) is 5.82 Å². The minimum Gasteiger partial charge on any atom is -0.384 e. The van der Waals surface area contributed by atoms with E-state index in [0.29, 0.717) is 17.3 Å². The van der Waals surface area contributed by atoms with Gasteiger partial charge < -0.3 is 21.0 Å². The Balaban J connectivity index is 1.62. The number of anilines is 1. The summed E-state index contributed by atoms with van der Waals surface area (Å²) in [5, 5.41) is 17.3. The summed E-state index contributed by atoms with van der Waals surface area (Å²) in [6, 6.07) is 7.57. The van der Waals surface area contributed by atoms with Gasteiger partial charge in [-0.2, -0.15) is 0 Å². The van der Waals surface area contributed by atoms with Crippen molar-refractivity contribution in [2.75, 3.05) is 5.32 Å². The highest BCUT2D eigenvalue weighted by molar-refractivity contribution is 5.84. The average Bonchev–Trinajstić information content (AvgIpc) is 3.48. The number of aryl methyl sites for hydroxylation is 2. The van der Waals surface area contributed by atoms with E-state index in [9.17, 15) is 5.11 Å². The second kappa shape index (κ2) is 7.70. The van der Waals surface area contributed by atoms with Crippen molar-refractivity contribution in [3.05, 3.63) is 53.0 Å². The molecule has 2 atom stereocenters. The number of oxime groups is 1. The van der Waals surface area contributed by atoms with Crippen LogP contribution in [0.3, 0.4) is 0 Å². The van der Waals surface area contributed by atoms with Gasteiger partial charge in [-0.1, -0.05) is 29.4 Å². The third kappa shape index (κ3) is 4.49. The molecule has 1 aromatic heterocycles. The van der Waals surface area contributed by atoms with Gasteiger partial charge in [0.2, 0.25) is 0 Å². The molecule has 0 amide bonds. The van der Waals surface area contributed by atoms with Crippen LogP contribution in [0.5, 0.6) is 0 Å². The number of nitrogens with one attached hydrogen (secondary N) is 1. The van der Waals surface area contributed by atoms with Crippen LogP contribution in [-0.2, 0) is 4.84 Å². The number of nitrogens with zero attached hydrogens (tertiary/aromatic N) is 3. The molecule has 2 aromatic rings. The summed E-state index contributed by atoms with van der Waals surface area (Å²) < 4.78 is 0. The lowest BCUT2D eigenvalue weighted by molar-refractivity contribution is -0.102. The highest BCUT2D eigenvalue weighted by Crippen LogP contribution is 2.29. The predicted octanol–water partition coefficient (Wildman–Crippen LogP) is 2.96. The van der Waals surface area contributed by atoms with Gasteiger partial charge in [-0.3, -0.25) is 0 Å². The fraction of sp³-hybridized carbons (Fsp3) is 0.421. The molecular formula is C19H25N5O2. The van der Waals surface area contributed by atoms with E-state index in [4.69, 9.17) is 10.6 Å². The van der Waals surface area contributed by atoms with E-state index in [-0.39, 0.29) is 6.04 Å². The molecule has 1 heterocycles. The maximum absolute atomic E-state index is 10.1. The van der Waals surface area contributed by atoms with E-state index >= 15 is 0 Å². The first-order valence-electron chi connectivity index (χ1n) is 8.78. The molecular weight excluding hydrogens is 330 g/mol. The number of rotatable bonds is 7. The Morgan fingerprint density at radius 2 is 1.92 bits per heavy atom. The summed E-state index contributed by atoms with van der Waals surface area (Å²) in [5.74, 6) is 2.31. The molecule has 0 saturated heterocycles. The second-order valence-electron chi connectivity index (χ2n) is 6.73. The Morgan fingerprint density at radius 1 is 1.27 bits per heavy atom. The Bertz CT molecular complexity index is 787. The van der Waals surface area contributed by atoms with Gasteiger partial charge in [0.25, 0.3) is 6.29 Å². The van der Waals surface area contributed by atoms with Crippen molar-refractivity contribution >= 4 is 11.7 Å². The van der Waals surface area contributed by atoms with E-state index in [1.165, 1.54) is 0 Å². The summed E-state index contributed by atoms with van der Waals surface area (Å²) in [5.41, 5.74) is 8.45. The highest BCUT2D eigenvalue weighted by Gasteiger charge is 2.26. The lowest BCUT2D eigenvalue weighted by Crippen LogP contribution is -2.15. The Labute approximate surface area is 153 Å². The van der Waals surface area contributed by atoms with Gasteiger partial charge in [0, 0.05) is 29.3 Å². The lowest BCUT2D eigenvalue weighted by Gasteiger charge is -2.17. The minimum atomic E-state index is -1.13. The molecule has 0 aliphatic heterocycles. The number of amidine groups is 1. The maximum Gasteiger partial charge on any atom is 0.250 e. The van der Waals surface area contributed by atoms with Gasteiger partial charge in [0.05, 0.1) is 0 Å². The molecule has 4 N–H and O–H groups in total. The van der Waals surface area contributed by atoms with Gasteiger partial charge in [0.15, 0.2) is 0 Å². The minimum absolute atomic E-state index is 0.0543. The summed E-state index contributed by atoms with van der Waals surface area (Å²) in [4.78, 5) is 13.7. The van der Waals surface area contributed by atoms with Crippen LogP contribution in [0.1, 0.15) is 54.6 Å². The average molecular weight is 355 g/mol. The largest absolute Gasteiger partial charge is 0.384 e. The van der Waals surface area contributed by atoms with E-state index in [2.05, 4.69) is 27.4 Å². The van der Waals surface area contributed by atoms with Crippen molar-refractivity contribution < 1.29 is 9.94 Å². The maximum atomic E-state index is 10.1. The van der Waals surface area contributed by atoms with Gasteiger partial charge in [-0.25, -0.2) is 9.97 Å². The number of aliphatic hydroxyl groups excluding tert-OH is 1. The van der Waals surface area contributed by atoms with Crippen LogP contribution < -0.4 is 11.1 Å². The SMILES string of the molecule is Cc1ncc(C)c(N[C@@H](C)c2ccc(C(O)O/N=C(\N)C3CC3)cc2)n1. The van der Waals surface area contributed by atoms with Crippen LogP contribution in [0.25, 0.3) is 0 Å². The number of aromatic nitrogens is 2. The first-order valence-corrected chi connectivity index (χ1v) is 8.78. The number of nitrogens with two attached hydrogens (primary N) is 1. The summed E-state index contributed by atoms with van der Waals surface area (Å²) in [6.45, 7) is 5.89. The monoisotopic (exact) mass is 355 g/mol. The van der Waals surface area contributed by atoms with Crippen molar-refractivity contribution in [1.29, 1.82) is 0 Å². The fourth-order valence-corrected chi connectivity index (χ4v) is 2.54. The lowest BCUT2D eigenvalue weighted by atomic mass is 10.1. The molecule has 1 aromatic carbocycles. The topological polar surface area (TPSA) is 106 Å². The quantitative estimate of drug-likeness (QED) is 0.305. The zero-order valence-corrected chi connectivity index (χ0v) is 15.3. The van der Waals surface area contributed by atoms with Crippen LogP contribution >= 0.6 is 0 Å². The van der Waals surface area contributed by atoms with Crippen molar-refractivity contribution in [3.8, 4) is 0 Å². The third-order valence-corrected chi connectivity index (χ3v) is 4.42. The van der Waals surface area contributed by atoms with Crippen molar-refractivity contribution in [2.45, 2.75) is 45.9 Å². The van der Waals surface area contributed by atoms with Crippen molar-refractivity contribution in [3.63, 3.8) is 0 Å². The highest BCUT2D eigenvalue weighted by atomic mass is 16.7. The fourth-order valence-electron chi connectivity index (χ4n) is 2.54. The molecule has 0 radical (unpaired) electrons. The molecule has 3 rings (SSSR count). The summed E-state index contributed by atoms with van der Waals surface area (Å²) >= 11 is 0. The first kappa shape index (κ1) is 18.1. The normalized spacial score (nSPS) is 16.8. The van der Waals surface area contributed by atoms with Crippen LogP contribution in [-0.4, -0.2) is 20.9 Å². The molecule has 26 heavy (non-hydrogen) atoms. The molecule has 1 aliphatic carbocycles. The van der Waals surface area contributed by atoms with E-state index in [0.717, 1.165) is 35.6 Å². The third-order valence-electron chi connectivity index (χ3n) is 4.42. The van der Waals surface area contributed by atoms with Crippen LogP contribution in [0, 0.1) is 19.8 Å². The molecule has 1 aliphatic rings. The molecule has 0 spiro atoms. The zero-order valence-electron chi connectivity index (χ0n) is 15.3. The summed E-state index contributed by atoms with van der Waals surface area (Å²) in [7, 11) is 0. The smallest absolute Gasteiger partial charge is 0.250 e. The number of aliphatic hydroxyl groups is 1. The van der Waals surface area contributed by atoms with Gasteiger partial charge in [-0.05, 0) is 39.2 Å². The Morgan fingerprint density at radius 3 is 2.58 bits per heavy atom. The van der Waals surface area contributed by atoms with Gasteiger partial charge >= 0.3 is 0 Å². The molecule has 138 valence electrons. The first-order chi connectivity index (χ1) is 12.4. The predicted molar refractivity (Wildman–Crippen MR) is 100 cm³/mol. The molecule has 0 bridgehead atoms. The molecule has 7 heteroatoms. The molecule has 1 unspecified atom stereocenters. The molecule has 1 saturated carbocycles. The molecule has 7 nitrogen and oxygen atoms in total. The zero-order chi connectivity index (χ0) is 18.7.